The fourth-order valence-corrected chi connectivity index (χ4v) is 4.53. The second kappa shape index (κ2) is 8.26. The smallest absolute Gasteiger partial charge is 0.297 e. The lowest BCUT2D eigenvalue weighted by atomic mass is 10.1. The highest BCUT2D eigenvalue weighted by atomic mass is 16.5. The molecule has 0 amide bonds. The largest absolute Gasteiger partial charge is 0.379 e. The van der Waals surface area contributed by atoms with Gasteiger partial charge in [-0.2, -0.15) is 10.2 Å². The van der Waals surface area contributed by atoms with Gasteiger partial charge in [0.2, 0.25) is 0 Å². The number of rotatable bonds is 4. The van der Waals surface area contributed by atoms with Gasteiger partial charge in [0, 0.05) is 23.8 Å². The van der Waals surface area contributed by atoms with Crippen molar-refractivity contribution in [1.82, 2.24) is 24.5 Å². The van der Waals surface area contributed by atoms with E-state index in [2.05, 4.69) is 29.2 Å². The first-order valence-corrected chi connectivity index (χ1v) is 11.2. The number of aromatic nitrogens is 5. The van der Waals surface area contributed by atoms with Crippen LogP contribution in [0.1, 0.15) is 24.4 Å². The summed E-state index contributed by atoms with van der Waals surface area (Å²) in [4.78, 5) is 17.7. The van der Waals surface area contributed by atoms with Crippen LogP contribution in [0.4, 0.5) is 0 Å². The molecule has 7 heteroatoms. The van der Waals surface area contributed by atoms with Crippen molar-refractivity contribution in [1.29, 1.82) is 0 Å². The average molecular weight is 438 g/mol. The van der Waals surface area contributed by atoms with E-state index in [4.69, 9.17) is 14.9 Å². The molecule has 0 bridgehead atoms. The molecule has 1 saturated heterocycles. The summed E-state index contributed by atoms with van der Waals surface area (Å²) in [5.74, 6) is 0. The van der Waals surface area contributed by atoms with Gasteiger partial charge in [0.25, 0.3) is 5.56 Å². The molecule has 1 aromatic heterocycles. The molecule has 1 unspecified atom stereocenters. The van der Waals surface area contributed by atoms with Gasteiger partial charge >= 0.3 is 0 Å². The Morgan fingerprint density at radius 1 is 0.939 bits per heavy atom. The Kier molecular flexibility index (Phi) is 4.96. The summed E-state index contributed by atoms with van der Waals surface area (Å²) < 4.78 is 9.07. The number of pyridine rings is 1. The van der Waals surface area contributed by atoms with Crippen LogP contribution in [0.5, 0.6) is 0 Å². The lowest BCUT2D eigenvalue weighted by Gasteiger charge is -2.21. The number of hydrogen-bond donors (Lipinski definition) is 0. The van der Waals surface area contributed by atoms with E-state index in [1.54, 1.807) is 10.9 Å². The lowest BCUT2D eigenvalue weighted by Crippen LogP contribution is -2.29. The Morgan fingerprint density at radius 3 is 2.58 bits per heavy atom. The van der Waals surface area contributed by atoms with E-state index in [-0.39, 0.29) is 11.6 Å². The van der Waals surface area contributed by atoms with Crippen molar-refractivity contribution < 1.29 is 4.74 Å². The summed E-state index contributed by atoms with van der Waals surface area (Å²) >= 11 is 0. The Balaban J connectivity index is 1.41. The van der Waals surface area contributed by atoms with Crippen LogP contribution in [-0.4, -0.2) is 37.8 Å². The number of fused-ring (bicyclic) bond motifs is 3. The van der Waals surface area contributed by atoms with E-state index >= 15 is 0 Å². The van der Waals surface area contributed by atoms with Crippen LogP contribution in [0, 0.1) is 0 Å². The third-order valence-corrected chi connectivity index (χ3v) is 6.23. The second-order valence-electron chi connectivity index (χ2n) is 8.40. The van der Waals surface area contributed by atoms with Gasteiger partial charge in [-0.1, -0.05) is 48.5 Å². The molecular formula is C26H23N5O2. The van der Waals surface area contributed by atoms with E-state index in [0.717, 1.165) is 47.2 Å². The number of nitrogens with zero attached hydrogens (tertiary/aromatic N) is 5. The fraction of sp³-hybridized carbons (Fsp3) is 0.231. The Morgan fingerprint density at radius 2 is 1.79 bits per heavy atom. The van der Waals surface area contributed by atoms with Gasteiger partial charge < -0.3 is 4.74 Å². The van der Waals surface area contributed by atoms with E-state index < -0.39 is 0 Å². The maximum absolute atomic E-state index is 13.2. The molecule has 4 heterocycles. The SMILES string of the molecule is O=c1c2nn(Cc3ccc(-c4ccccn4)cc3)c3ccccc3c-2nn1C1CCCOC1. The number of hydrogen-bond acceptors (Lipinski definition) is 5. The lowest BCUT2D eigenvalue weighted by molar-refractivity contribution is 0.0540. The van der Waals surface area contributed by atoms with Crippen LogP contribution >= 0.6 is 0 Å². The molecule has 33 heavy (non-hydrogen) atoms. The van der Waals surface area contributed by atoms with Crippen LogP contribution in [-0.2, 0) is 11.3 Å². The van der Waals surface area contributed by atoms with Crippen molar-refractivity contribution in [2.24, 2.45) is 0 Å². The maximum atomic E-state index is 13.2. The highest BCUT2D eigenvalue weighted by molar-refractivity contribution is 5.92. The maximum Gasteiger partial charge on any atom is 0.297 e. The van der Waals surface area contributed by atoms with Crippen molar-refractivity contribution in [3.63, 3.8) is 0 Å². The van der Waals surface area contributed by atoms with Crippen molar-refractivity contribution in [3.05, 3.63) is 88.8 Å². The number of ether oxygens (including phenoxy) is 1. The van der Waals surface area contributed by atoms with Gasteiger partial charge in [0.15, 0.2) is 5.69 Å². The summed E-state index contributed by atoms with van der Waals surface area (Å²) in [5, 5.41) is 10.4. The van der Waals surface area contributed by atoms with Gasteiger partial charge in [-0.05, 0) is 36.6 Å². The zero-order chi connectivity index (χ0) is 22.2. The monoisotopic (exact) mass is 437 g/mol. The Bertz CT molecular complexity index is 1430. The minimum absolute atomic E-state index is 0.0354. The molecule has 3 aliphatic heterocycles. The fourth-order valence-electron chi connectivity index (χ4n) is 4.53. The van der Waals surface area contributed by atoms with Crippen molar-refractivity contribution >= 4 is 10.9 Å². The first kappa shape index (κ1) is 19.8. The van der Waals surface area contributed by atoms with Gasteiger partial charge in [0.1, 0.15) is 5.69 Å². The molecule has 3 aromatic rings. The van der Waals surface area contributed by atoms with Crippen LogP contribution in [0.15, 0.2) is 77.7 Å². The van der Waals surface area contributed by atoms with Crippen LogP contribution in [0.25, 0.3) is 33.5 Å². The molecule has 6 rings (SSSR count). The van der Waals surface area contributed by atoms with Gasteiger partial charge in [-0.15, -0.1) is 0 Å². The van der Waals surface area contributed by atoms with Crippen LogP contribution < -0.4 is 5.56 Å². The predicted octanol–water partition coefficient (Wildman–Crippen LogP) is 4.16. The van der Waals surface area contributed by atoms with Crippen LogP contribution in [0.3, 0.4) is 0 Å². The highest BCUT2D eigenvalue weighted by Gasteiger charge is 2.26. The van der Waals surface area contributed by atoms with E-state index in [0.29, 0.717) is 24.5 Å². The van der Waals surface area contributed by atoms with E-state index in [9.17, 15) is 4.79 Å². The summed E-state index contributed by atoms with van der Waals surface area (Å²) in [6.07, 6.45) is 3.62. The quantitative estimate of drug-likeness (QED) is 0.422. The summed E-state index contributed by atoms with van der Waals surface area (Å²) in [6, 6.07) is 22.2. The molecular weight excluding hydrogens is 414 g/mol. The average Bonchev–Trinajstić information content (AvgIpc) is 3.22. The summed E-state index contributed by atoms with van der Waals surface area (Å²) in [6.45, 7) is 1.81. The first-order chi connectivity index (χ1) is 16.3. The molecule has 0 aliphatic carbocycles. The molecule has 7 nitrogen and oxygen atoms in total. The third-order valence-electron chi connectivity index (χ3n) is 6.23. The normalized spacial score (nSPS) is 16.4. The van der Waals surface area contributed by atoms with Gasteiger partial charge in [-0.3, -0.25) is 14.5 Å². The predicted molar refractivity (Wildman–Crippen MR) is 126 cm³/mol. The van der Waals surface area contributed by atoms with Crippen molar-refractivity contribution in [2.45, 2.75) is 25.4 Å². The number of para-hydroxylation sites is 1. The molecule has 0 N–H and O–H groups in total. The summed E-state index contributed by atoms with van der Waals surface area (Å²) in [7, 11) is 0. The standard InChI is InChI=1S/C26H23N5O2/c32-26-25-24(29-31(26)20-6-5-15-33-17-20)21-7-1-2-9-23(21)30(28-25)16-18-10-12-19(13-11-18)22-8-3-4-14-27-22/h1-4,7-14,20H,5-6,15-17H2. The second-order valence-corrected chi connectivity index (χ2v) is 8.40. The molecule has 1 fully saturated rings. The molecule has 0 radical (unpaired) electrons. The molecule has 164 valence electrons. The zero-order valence-corrected chi connectivity index (χ0v) is 18.1. The van der Waals surface area contributed by atoms with Crippen molar-refractivity contribution in [3.8, 4) is 22.6 Å². The minimum atomic E-state index is -0.148. The first-order valence-electron chi connectivity index (χ1n) is 11.2. The molecule has 1 atom stereocenters. The van der Waals surface area contributed by atoms with Crippen molar-refractivity contribution in [2.75, 3.05) is 13.2 Å². The summed E-state index contributed by atoms with van der Waals surface area (Å²) in [5.41, 5.74) is 4.96. The Hall–Kier alpha value is -3.84. The molecule has 0 saturated carbocycles. The van der Waals surface area contributed by atoms with Gasteiger partial charge in [-0.25, -0.2) is 4.68 Å². The molecule has 2 aromatic carbocycles. The van der Waals surface area contributed by atoms with Crippen LogP contribution in [0.2, 0.25) is 0 Å². The topological polar surface area (TPSA) is 74.8 Å². The zero-order valence-electron chi connectivity index (χ0n) is 18.1. The Labute approximate surface area is 190 Å². The van der Waals surface area contributed by atoms with E-state index in [1.165, 1.54) is 0 Å². The number of benzene rings is 2. The minimum Gasteiger partial charge on any atom is -0.379 e. The third kappa shape index (κ3) is 3.60. The van der Waals surface area contributed by atoms with E-state index in [1.807, 2.05) is 47.1 Å². The molecule has 0 spiro atoms. The highest BCUT2D eigenvalue weighted by Crippen LogP contribution is 2.28. The van der Waals surface area contributed by atoms with Gasteiger partial charge in [0.05, 0.1) is 30.4 Å². The molecule has 3 aliphatic rings.